The summed E-state index contributed by atoms with van der Waals surface area (Å²) in [5.41, 5.74) is 0. The maximum atomic E-state index is 5.12. The van der Waals surface area contributed by atoms with Crippen LogP contribution in [0.25, 0.3) is 0 Å². The molecule has 1 aliphatic rings. The second-order valence-corrected chi connectivity index (χ2v) is 5.98. The van der Waals surface area contributed by atoms with Crippen LogP contribution in [0.15, 0.2) is 4.99 Å². The highest BCUT2D eigenvalue weighted by molar-refractivity contribution is 14.0. The Morgan fingerprint density at radius 1 is 1.43 bits per heavy atom. The molecule has 1 fully saturated rings. The highest BCUT2D eigenvalue weighted by Gasteiger charge is 2.19. The fourth-order valence-corrected chi connectivity index (χ4v) is 2.65. The Balaban J connectivity index is 0.00000264. The van der Waals surface area contributed by atoms with Crippen molar-refractivity contribution in [2.45, 2.75) is 33.2 Å². The Bertz CT molecular complexity index is 504. The van der Waals surface area contributed by atoms with Crippen molar-refractivity contribution in [1.82, 2.24) is 25.0 Å². The third-order valence-corrected chi connectivity index (χ3v) is 4.10. The number of hydrogen-bond donors (Lipinski definition) is 1. The van der Waals surface area contributed by atoms with Gasteiger partial charge in [-0.25, -0.2) is 4.99 Å². The van der Waals surface area contributed by atoms with Crippen LogP contribution in [0.5, 0.6) is 0 Å². The normalized spacial score (nSPS) is 18.7. The number of ether oxygens (including phenoxy) is 1. The summed E-state index contributed by atoms with van der Waals surface area (Å²) in [5, 5.41) is 11.7. The van der Waals surface area contributed by atoms with Crippen LogP contribution in [-0.4, -0.2) is 59.0 Å². The zero-order valence-electron chi connectivity index (χ0n) is 14.6. The summed E-state index contributed by atoms with van der Waals surface area (Å²) >= 11 is 0. The first-order valence-corrected chi connectivity index (χ1v) is 7.99. The molecular formula is C15H29IN6O. The number of aromatic nitrogens is 3. The fraction of sp³-hybridized carbons (Fsp3) is 0.800. The van der Waals surface area contributed by atoms with E-state index >= 15 is 0 Å². The van der Waals surface area contributed by atoms with E-state index < -0.39 is 0 Å². The van der Waals surface area contributed by atoms with Gasteiger partial charge in [-0.15, -0.1) is 34.2 Å². The van der Waals surface area contributed by atoms with E-state index in [4.69, 9.17) is 9.73 Å². The summed E-state index contributed by atoms with van der Waals surface area (Å²) in [6.45, 7) is 8.33. The molecule has 2 heterocycles. The molecular weight excluding hydrogens is 407 g/mol. The third-order valence-electron chi connectivity index (χ3n) is 4.10. The van der Waals surface area contributed by atoms with Gasteiger partial charge in [-0.1, -0.05) is 6.92 Å². The maximum absolute atomic E-state index is 5.12. The largest absolute Gasteiger partial charge is 0.383 e. The Morgan fingerprint density at radius 3 is 2.83 bits per heavy atom. The highest BCUT2D eigenvalue weighted by atomic mass is 127. The summed E-state index contributed by atoms with van der Waals surface area (Å²) in [6, 6.07) is 0. The SMILES string of the molecule is COCCNC(=NCc1nnc(C)n1C)N1CCCC(C)C1.I. The fourth-order valence-electron chi connectivity index (χ4n) is 2.65. The van der Waals surface area contributed by atoms with Gasteiger partial charge in [0.2, 0.25) is 0 Å². The molecule has 0 bridgehead atoms. The van der Waals surface area contributed by atoms with Crippen molar-refractivity contribution < 1.29 is 4.74 Å². The smallest absolute Gasteiger partial charge is 0.194 e. The number of guanidine groups is 1. The molecule has 0 radical (unpaired) electrons. The van der Waals surface area contributed by atoms with E-state index in [1.54, 1.807) is 7.11 Å². The van der Waals surface area contributed by atoms with Gasteiger partial charge in [-0.05, 0) is 25.7 Å². The minimum Gasteiger partial charge on any atom is -0.383 e. The van der Waals surface area contributed by atoms with Gasteiger partial charge in [0.15, 0.2) is 11.8 Å². The molecule has 2 rings (SSSR count). The molecule has 1 saturated heterocycles. The van der Waals surface area contributed by atoms with Crippen LogP contribution >= 0.6 is 24.0 Å². The van der Waals surface area contributed by atoms with Crippen LogP contribution < -0.4 is 5.32 Å². The zero-order chi connectivity index (χ0) is 15.9. The van der Waals surface area contributed by atoms with Gasteiger partial charge in [0.1, 0.15) is 12.4 Å². The van der Waals surface area contributed by atoms with E-state index in [9.17, 15) is 0 Å². The second kappa shape index (κ2) is 10.1. The molecule has 0 saturated carbocycles. The number of methoxy groups -OCH3 is 1. The molecule has 1 N–H and O–H groups in total. The maximum Gasteiger partial charge on any atom is 0.194 e. The van der Waals surface area contributed by atoms with Crippen molar-refractivity contribution in [3.05, 3.63) is 11.6 Å². The van der Waals surface area contributed by atoms with Gasteiger partial charge < -0.3 is 19.5 Å². The molecule has 23 heavy (non-hydrogen) atoms. The van der Waals surface area contributed by atoms with E-state index in [1.807, 2.05) is 18.5 Å². The minimum absolute atomic E-state index is 0. The average molecular weight is 436 g/mol. The van der Waals surface area contributed by atoms with Crippen LogP contribution in [0.2, 0.25) is 0 Å². The van der Waals surface area contributed by atoms with Crippen LogP contribution in [-0.2, 0) is 18.3 Å². The van der Waals surface area contributed by atoms with Crippen LogP contribution in [0.4, 0.5) is 0 Å². The first-order valence-electron chi connectivity index (χ1n) is 7.99. The first kappa shape index (κ1) is 20.1. The predicted octanol–water partition coefficient (Wildman–Crippen LogP) is 1.57. The molecule has 1 aromatic rings. The van der Waals surface area contributed by atoms with E-state index in [-0.39, 0.29) is 24.0 Å². The predicted molar refractivity (Wildman–Crippen MR) is 102 cm³/mol. The number of hydrogen-bond acceptors (Lipinski definition) is 4. The van der Waals surface area contributed by atoms with E-state index in [0.717, 1.165) is 37.2 Å². The van der Waals surface area contributed by atoms with Crippen LogP contribution in [0.1, 0.15) is 31.4 Å². The second-order valence-electron chi connectivity index (χ2n) is 5.98. The van der Waals surface area contributed by atoms with Crippen molar-refractivity contribution in [3.63, 3.8) is 0 Å². The summed E-state index contributed by atoms with van der Waals surface area (Å²) in [7, 11) is 3.69. The third kappa shape index (κ3) is 5.91. The summed E-state index contributed by atoms with van der Waals surface area (Å²) in [4.78, 5) is 7.09. The van der Waals surface area contributed by atoms with E-state index in [0.29, 0.717) is 19.1 Å². The van der Waals surface area contributed by atoms with Gasteiger partial charge in [0, 0.05) is 33.8 Å². The first-order chi connectivity index (χ1) is 10.6. The number of likely N-dealkylation sites (tertiary alicyclic amines) is 1. The zero-order valence-corrected chi connectivity index (χ0v) is 16.9. The van der Waals surface area contributed by atoms with Crippen molar-refractivity contribution in [3.8, 4) is 0 Å². The lowest BCUT2D eigenvalue weighted by Gasteiger charge is -2.33. The van der Waals surface area contributed by atoms with Crippen LogP contribution in [0, 0.1) is 12.8 Å². The molecule has 8 heteroatoms. The highest BCUT2D eigenvalue weighted by Crippen LogP contribution is 2.15. The lowest BCUT2D eigenvalue weighted by molar-refractivity contribution is 0.200. The average Bonchev–Trinajstić information content (AvgIpc) is 2.82. The number of nitrogens with one attached hydrogen (secondary N) is 1. The van der Waals surface area contributed by atoms with Crippen LogP contribution in [0.3, 0.4) is 0 Å². The van der Waals surface area contributed by atoms with Gasteiger partial charge >= 0.3 is 0 Å². The molecule has 1 atom stereocenters. The van der Waals surface area contributed by atoms with E-state index in [2.05, 4.69) is 27.3 Å². The number of piperidine rings is 1. The Labute approximate surface area is 155 Å². The van der Waals surface area contributed by atoms with E-state index in [1.165, 1.54) is 12.8 Å². The number of aliphatic imine (C=N–C) groups is 1. The van der Waals surface area contributed by atoms with Crippen molar-refractivity contribution in [1.29, 1.82) is 0 Å². The summed E-state index contributed by atoms with van der Waals surface area (Å²) in [5.74, 6) is 3.45. The quantitative estimate of drug-likeness (QED) is 0.329. The molecule has 0 aromatic carbocycles. The topological polar surface area (TPSA) is 67.6 Å². The number of aryl methyl sites for hydroxylation is 1. The molecule has 1 aromatic heterocycles. The molecule has 1 aliphatic heterocycles. The minimum atomic E-state index is 0. The van der Waals surface area contributed by atoms with Gasteiger partial charge in [0.05, 0.1) is 6.61 Å². The lowest BCUT2D eigenvalue weighted by atomic mass is 10.0. The lowest BCUT2D eigenvalue weighted by Crippen LogP contribution is -2.47. The van der Waals surface area contributed by atoms with Crippen molar-refractivity contribution in [2.24, 2.45) is 18.0 Å². The van der Waals surface area contributed by atoms with Gasteiger partial charge in [-0.2, -0.15) is 0 Å². The number of rotatable bonds is 5. The van der Waals surface area contributed by atoms with Crippen molar-refractivity contribution in [2.75, 3.05) is 33.4 Å². The number of halogens is 1. The summed E-state index contributed by atoms with van der Waals surface area (Å²) in [6.07, 6.45) is 2.51. The molecule has 0 amide bonds. The summed E-state index contributed by atoms with van der Waals surface area (Å²) < 4.78 is 7.10. The molecule has 0 aliphatic carbocycles. The molecule has 0 spiro atoms. The Morgan fingerprint density at radius 2 is 2.22 bits per heavy atom. The van der Waals surface area contributed by atoms with Gasteiger partial charge in [0.25, 0.3) is 0 Å². The standard InChI is InChI=1S/C15H28N6O.HI/c1-12-6-5-8-21(11-12)15(16-7-9-22-4)17-10-14-19-18-13(2)20(14)3;/h12H,5-11H2,1-4H3,(H,16,17);1H. The number of nitrogens with zero attached hydrogens (tertiary/aromatic N) is 5. The van der Waals surface area contributed by atoms with Gasteiger partial charge in [-0.3, -0.25) is 0 Å². The van der Waals surface area contributed by atoms with Crippen molar-refractivity contribution >= 4 is 29.9 Å². The Hall–Kier alpha value is -0.900. The monoisotopic (exact) mass is 436 g/mol. The molecule has 7 nitrogen and oxygen atoms in total. The molecule has 132 valence electrons. The molecule has 1 unspecified atom stereocenters. The Kier molecular flexibility index (Phi) is 8.82.